The number of hydrogen-bond donors (Lipinski definition) is 2. The molecule has 6 heteroatoms. The van der Waals surface area contributed by atoms with Gasteiger partial charge in [-0.15, -0.1) is 0 Å². The molecule has 0 saturated carbocycles. The van der Waals surface area contributed by atoms with Crippen LogP contribution in [-0.2, 0) is 17.7 Å². The van der Waals surface area contributed by atoms with Gasteiger partial charge in [-0.3, -0.25) is 4.90 Å². The molecule has 2 aliphatic rings. The third-order valence-corrected chi connectivity index (χ3v) is 3.63. The van der Waals surface area contributed by atoms with Crippen LogP contribution >= 0.6 is 0 Å². The highest BCUT2D eigenvalue weighted by atomic mass is 16.5. The van der Waals surface area contributed by atoms with Crippen LogP contribution in [-0.4, -0.2) is 60.8 Å². The average molecular weight is 263 g/mol. The molecule has 2 aliphatic heterocycles. The van der Waals surface area contributed by atoms with Crippen molar-refractivity contribution < 1.29 is 4.74 Å². The maximum Gasteiger partial charge on any atom is 0.222 e. The van der Waals surface area contributed by atoms with Crippen LogP contribution in [0.1, 0.15) is 11.3 Å². The first-order valence-electron chi connectivity index (χ1n) is 7.01. The van der Waals surface area contributed by atoms with Gasteiger partial charge in [0.2, 0.25) is 5.95 Å². The van der Waals surface area contributed by atoms with Gasteiger partial charge in [0.05, 0.1) is 18.9 Å². The van der Waals surface area contributed by atoms with Gasteiger partial charge in [0.25, 0.3) is 0 Å². The number of hydrogen-bond acceptors (Lipinski definition) is 6. The Hall–Kier alpha value is -1.24. The van der Waals surface area contributed by atoms with E-state index in [4.69, 9.17) is 4.74 Å². The van der Waals surface area contributed by atoms with Crippen molar-refractivity contribution in [3.63, 3.8) is 0 Å². The maximum absolute atomic E-state index is 5.33. The number of rotatable bonds is 4. The molecular weight excluding hydrogens is 242 g/mol. The molecule has 19 heavy (non-hydrogen) atoms. The molecule has 1 saturated heterocycles. The lowest BCUT2D eigenvalue weighted by molar-refractivity contribution is 0.0398. The van der Waals surface area contributed by atoms with Crippen LogP contribution in [0.15, 0.2) is 6.20 Å². The lowest BCUT2D eigenvalue weighted by atomic mass is 10.1. The van der Waals surface area contributed by atoms with Crippen molar-refractivity contribution in [2.24, 2.45) is 0 Å². The zero-order chi connectivity index (χ0) is 12.9. The van der Waals surface area contributed by atoms with Crippen LogP contribution < -0.4 is 10.6 Å². The summed E-state index contributed by atoms with van der Waals surface area (Å²) in [5.41, 5.74) is 2.41. The van der Waals surface area contributed by atoms with Crippen LogP contribution in [0.2, 0.25) is 0 Å². The minimum Gasteiger partial charge on any atom is -0.379 e. The quantitative estimate of drug-likeness (QED) is 0.789. The van der Waals surface area contributed by atoms with E-state index in [2.05, 4.69) is 25.5 Å². The Morgan fingerprint density at radius 1 is 1.37 bits per heavy atom. The van der Waals surface area contributed by atoms with E-state index in [1.165, 1.54) is 5.56 Å². The molecule has 2 N–H and O–H groups in total. The van der Waals surface area contributed by atoms with Crippen molar-refractivity contribution in [1.82, 2.24) is 20.2 Å². The van der Waals surface area contributed by atoms with E-state index < -0.39 is 0 Å². The van der Waals surface area contributed by atoms with Crippen LogP contribution in [0, 0.1) is 0 Å². The van der Waals surface area contributed by atoms with Gasteiger partial charge in [-0.05, 0) is 18.5 Å². The van der Waals surface area contributed by atoms with Gasteiger partial charge in [-0.1, -0.05) is 0 Å². The van der Waals surface area contributed by atoms with Crippen molar-refractivity contribution >= 4 is 5.95 Å². The van der Waals surface area contributed by atoms with E-state index in [0.29, 0.717) is 0 Å². The molecule has 1 aromatic rings. The largest absolute Gasteiger partial charge is 0.379 e. The molecule has 0 unspecified atom stereocenters. The summed E-state index contributed by atoms with van der Waals surface area (Å²) in [5, 5.41) is 6.65. The van der Waals surface area contributed by atoms with Crippen molar-refractivity contribution in [3.05, 3.63) is 17.5 Å². The number of nitrogens with zero attached hydrogens (tertiary/aromatic N) is 3. The Balaban J connectivity index is 1.49. The summed E-state index contributed by atoms with van der Waals surface area (Å²) in [6, 6.07) is 0. The van der Waals surface area contributed by atoms with Crippen molar-refractivity contribution in [1.29, 1.82) is 0 Å². The summed E-state index contributed by atoms with van der Waals surface area (Å²) < 4.78 is 5.33. The fraction of sp³-hybridized carbons (Fsp3) is 0.692. The smallest absolute Gasteiger partial charge is 0.222 e. The number of aromatic nitrogens is 2. The topological polar surface area (TPSA) is 62.3 Å². The molecule has 0 aliphatic carbocycles. The fourth-order valence-corrected chi connectivity index (χ4v) is 2.47. The second kappa shape index (κ2) is 6.27. The van der Waals surface area contributed by atoms with E-state index in [1.54, 1.807) is 0 Å². The van der Waals surface area contributed by atoms with E-state index in [1.807, 2.05) is 6.20 Å². The van der Waals surface area contributed by atoms with Crippen molar-refractivity contribution in [3.8, 4) is 0 Å². The Bertz CT molecular complexity index is 419. The van der Waals surface area contributed by atoms with Gasteiger partial charge in [0.1, 0.15) is 0 Å². The van der Waals surface area contributed by atoms with E-state index in [9.17, 15) is 0 Å². The molecular formula is C13H21N5O. The summed E-state index contributed by atoms with van der Waals surface area (Å²) >= 11 is 0. The molecule has 6 nitrogen and oxygen atoms in total. The maximum atomic E-state index is 5.33. The third kappa shape index (κ3) is 3.40. The lowest BCUT2D eigenvalue weighted by Crippen LogP contribution is -2.39. The highest BCUT2D eigenvalue weighted by molar-refractivity contribution is 5.30. The zero-order valence-corrected chi connectivity index (χ0v) is 11.2. The molecule has 0 radical (unpaired) electrons. The normalized spacial score (nSPS) is 20.0. The summed E-state index contributed by atoms with van der Waals surface area (Å²) in [4.78, 5) is 11.3. The van der Waals surface area contributed by atoms with Gasteiger partial charge < -0.3 is 15.4 Å². The summed E-state index contributed by atoms with van der Waals surface area (Å²) in [7, 11) is 0. The number of ether oxygens (including phenoxy) is 1. The van der Waals surface area contributed by atoms with Gasteiger partial charge in [-0.2, -0.15) is 0 Å². The number of fused-ring (bicyclic) bond motifs is 1. The predicted octanol–water partition coefficient (Wildman–Crippen LogP) is -0.134. The Kier molecular flexibility index (Phi) is 4.22. The van der Waals surface area contributed by atoms with Crippen LogP contribution in [0.25, 0.3) is 0 Å². The average Bonchev–Trinajstić information content (AvgIpc) is 2.48. The van der Waals surface area contributed by atoms with Crippen LogP contribution in [0.3, 0.4) is 0 Å². The van der Waals surface area contributed by atoms with Crippen molar-refractivity contribution in [2.45, 2.75) is 13.0 Å². The van der Waals surface area contributed by atoms with Gasteiger partial charge >= 0.3 is 0 Å². The lowest BCUT2D eigenvalue weighted by Gasteiger charge is -2.26. The van der Waals surface area contributed by atoms with Crippen LogP contribution in [0.5, 0.6) is 0 Å². The number of morpholine rings is 1. The van der Waals surface area contributed by atoms with Gasteiger partial charge in [-0.25, -0.2) is 9.97 Å². The predicted molar refractivity (Wildman–Crippen MR) is 73.2 cm³/mol. The zero-order valence-electron chi connectivity index (χ0n) is 11.2. The SMILES string of the molecule is c1nc(NCCN2CCOCC2)nc2c1CCNC2. The summed E-state index contributed by atoms with van der Waals surface area (Å²) in [6.45, 7) is 7.53. The first kappa shape index (κ1) is 12.8. The Morgan fingerprint density at radius 3 is 3.16 bits per heavy atom. The number of nitrogens with one attached hydrogen (secondary N) is 2. The Labute approximate surface area is 113 Å². The molecule has 3 heterocycles. The van der Waals surface area contributed by atoms with E-state index in [-0.39, 0.29) is 0 Å². The molecule has 1 fully saturated rings. The second-order valence-corrected chi connectivity index (χ2v) is 4.97. The standard InChI is InChI=1S/C13H21N5O/c1-2-14-10-12-11(1)9-16-13(17-12)15-3-4-18-5-7-19-8-6-18/h9,14H,1-8,10H2,(H,15,16,17). The second-order valence-electron chi connectivity index (χ2n) is 4.97. The molecule has 0 aromatic carbocycles. The first-order chi connectivity index (χ1) is 9.42. The molecule has 0 atom stereocenters. The number of anilines is 1. The first-order valence-corrected chi connectivity index (χ1v) is 7.01. The van der Waals surface area contributed by atoms with Gasteiger partial charge in [0, 0.05) is 38.9 Å². The Morgan fingerprint density at radius 2 is 2.26 bits per heavy atom. The third-order valence-electron chi connectivity index (χ3n) is 3.63. The molecule has 3 rings (SSSR count). The molecule has 104 valence electrons. The fourth-order valence-electron chi connectivity index (χ4n) is 2.47. The monoisotopic (exact) mass is 263 g/mol. The molecule has 1 aromatic heterocycles. The van der Waals surface area contributed by atoms with Gasteiger partial charge in [0.15, 0.2) is 0 Å². The molecule has 0 bridgehead atoms. The highest BCUT2D eigenvalue weighted by Gasteiger charge is 2.12. The summed E-state index contributed by atoms with van der Waals surface area (Å²) in [5.74, 6) is 0.746. The van der Waals surface area contributed by atoms with E-state index in [0.717, 1.165) is 70.5 Å². The highest BCUT2D eigenvalue weighted by Crippen LogP contribution is 2.11. The molecule has 0 spiro atoms. The summed E-state index contributed by atoms with van der Waals surface area (Å²) in [6.07, 6.45) is 2.99. The minimum absolute atomic E-state index is 0.746. The minimum atomic E-state index is 0.746. The van der Waals surface area contributed by atoms with E-state index >= 15 is 0 Å². The van der Waals surface area contributed by atoms with Crippen LogP contribution in [0.4, 0.5) is 5.95 Å². The molecule has 0 amide bonds. The van der Waals surface area contributed by atoms with Crippen molar-refractivity contribution in [2.75, 3.05) is 51.3 Å².